The van der Waals surface area contributed by atoms with Crippen molar-refractivity contribution >= 4 is 35.1 Å². The van der Waals surface area contributed by atoms with Crippen LogP contribution >= 0.6 is 11.6 Å². The average Bonchev–Trinajstić information content (AvgIpc) is 2.78. The molecule has 0 saturated carbocycles. The Hall–Kier alpha value is -2.80. The molecular weight excluding hydrogens is 440 g/mol. The average molecular weight is 473 g/mol. The first-order valence-corrected chi connectivity index (χ1v) is 11.8. The number of pyridine rings is 1. The Kier molecular flexibility index (Phi) is 8.19. The third-order valence-electron chi connectivity index (χ3n) is 5.57. The van der Waals surface area contributed by atoms with Gasteiger partial charge in [0.25, 0.3) is 0 Å². The third-order valence-corrected chi connectivity index (χ3v) is 5.79. The Labute approximate surface area is 201 Å². The third kappa shape index (κ3) is 7.09. The van der Waals surface area contributed by atoms with Crippen LogP contribution in [0.2, 0.25) is 5.02 Å². The Morgan fingerprint density at radius 1 is 1.18 bits per heavy atom. The van der Waals surface area contributed by atoms with Crippen LogP contribution in [-0.4, -0.2) is 47.1 Å². The zero-order valence-electron chi connectivity index (χ0n) is 19.8. The van der Waals surface area contributed by atoms with Crippen molar-refractivity contribution in [3.8, 4) is 0 Å². The number of rotatable bonds is 6. The van der Waals surface area contributed by atoms with E-state index in [2.05, 4.69) is 15.2 Å². The number of amides is 2. The lowest BCUT2D eigenvalue weighted by Gasteiger charge is -2.32. The lowest BCUT2D eigenvalue weighted by molar-refractivity contribution is -0.120. The summed E-state index contributed by atoms with van der Waals surface area (Å²) in [6.07, 6.45) is 2.77. The van der Waals surface area contributed by atoms with Crippen LogP contribution in [0.1, 0.15) is 46.1 Å². The van der Waals surface area contributed by atoms with Gasteiger partial charge in [0.05, 0.1) is 11.6 Å². The van der Waals surface area contributed by atoms with E-state index in [1.807, 2.05) is 64.1 Å². The molecule has 0 radical (unpaired) electrons. The molecule has 1 aliphatic heterocycles. The molecule has 0 atom stereocenters. The number of anilines is 2. The van der Waals surface area contributed by atoms with Crippen LogP contribution < -0.4 is 10.2 Å². The van der Waals surface area contributed by atoms with Crippen molar-refractivity contribution in [1.29, 1.82) is 0 Å². The molecule has 0 bridgehead atoms. The van der Waals surface area contributed by atoms with Crippen LogP contribution in [0.15, 0.2) is 42.6 Å². The summed E-state index contributed by atoms with van der Waals surface area (Å²) in [6.45, 7) is 9.85. The van der Waals surface area contributed by atoms with Gasteiger partial charge in [0.1, 0.15) is 11.4 Å². The van der Waals surface area contributed by atoms with E-state index < -0.39 is 5.60 Å². The molecule has 0 unspecified atom stereocenters. The lowest BCUT2D eigenvalue weighted by Crippen LogP contribution is -2.39. The maximum atomic E-state index is 13.0. The highest BCUT2D eigenvalue weighted by atomic mass is 35.5. The highest BCUT2D eigenvalue weighted by Crippen LogP contribution is 2.25. The minimum Gasteiger partial charge on any atom is -0.444 e. The maximum Gasteiger partial charge on any atom is 0.410 e. The van der Waals surface area contributed by atoms with Gasteiger partial charge in [-0.15, -0.1) is 0 Å². The number of hydrogen-bond acceptors (Lipinski definition) is 5. The minimum absolute atomic E-state index is 0.00600. The molecule has 178 valence electrons. The molecule has 1 aromatic heterocycles. The van der Waals surface area contributed by atoms with Crippen LogP contribution in [0.5, 0.6) is 0 Å². The summed E-state index contributed by atoms with van der Waals surface area (Å²) in [4.78, 5) is 33.7. The molecule has 0 aliphatic carbocycles. The molecule has 3 rings (SSSR count). The monoisotopic (exact) mass is 472 g/mol. The van der Waals surface area contributed by atoms with E-state index in [-0.39, 0.29) is 17.9 Å². The highest BCUT2D eigenvalue weighted by molar-refractivity contribution is 6.30. The van der Waals surface area contributed by atoms with E-state index >= 15 is 0 Å². The topological polar surface area (TPSA) is 74.8 Å². The zero-order valence-corrected chi connectivity index (χ0v) is 20.6. The van der Waals surface area contributed by atoms with Gasteiger partial charge >= 0.3 is 6.09 Å². The van der Waals surface area contributed by atoms with Crippen molar-refractivity contribution in [3.63, 3.8) is 0 Å². The van der Waals surface area contributed by atoms with E-state index in [9.17, 15) is 9.59 Å². The number of hydrogen-bond donors (Lipinski definition) is 1. The fourth-order valence-electron chi connectivity index (χ4n) is 3.78. The molecule has 1 N–H and O–H groups in total. The molecule has 1 fully saturated rings. The molecule has 2 amide bonds. The summed E-state index contributed by atoms with van der Waals surface area (Å²) in [5.74, 6) is 0.812. The van der Waals surface area contributed by atoms with Gasteiger partial charge in [-0.05, 0) is 64.3 Å². The summed E-state index contributed by atoms with van der Waals surface area (Å²) < 4.78 is 5.51. The predicted molar refractivity (Wildman–Crippen MR) is 132 cm³/mol. The van der Waals surface area contributed by atoms with Crippen LogP contribution in [0.25, 0.3) is 0 Å². The van der Waals surface area contributed by atoms with Crippen LogP contribution in [0.3, 0.4) is 0 Å². The van der Waals surface area contributed by atoms with Gasteiger partial charge in [0.2, 0.25) is 5.91 Å². The van der Waals surface area contributed by atoms with Gasteiger partial charge < -0.3 is 19.9 Å². The van der Waals surface area contributed by atoms with Crippen molar-refractivity contribution in [3.05, 3.63) is 53.2 Å². The second-order valence-electron chi connectivity index (χ2n) is 9.24. The van der Waals surface area contributed by atoms with Crippen molar-refractivity contribution in [2.75, 3.05) is 29.9 Å². The zero-order chi connectivity index (χ0) is 24.0. The van der Waals surface area contributed by atoms with Crippen molar-refractivity contribution in [2.24, 2.45) is 5.92 Å². The number of aromatic nitrogens is 1. The number of carbonyl (C=O) groups is 2. The fourth-order valence-corrected chi connectivity index (χ4v) is 3.89. The number of piperidine rings is 1. The van der Waals surface area contributed by atoms with Crippen LogP contribution in [0.4, 0.5) is 16.3 Å². The Morgan fingerprint density at radius 3 is 2.48 bits per heavy atom. The molecule has 7 nitrogen and oxygen atoms in total. The Bertz CT molecular complexity index is 951. The summed E-state index contributed by atoms with van der Waals surface area (Å²) in [6, 6.07) is 11.3. The van der Waals surface area contributed by atoms with Gasteiger partial charge in [-0.1, -0.05) is 29.8 Å². The number of nitrogens with zero attached hydrogens (tertiary/aromatic N) is 3. The predicted octanol–water partition coefficient (Wildman–Crippen LogP) is 5.35. The number of nitrogens with one attached hydrogen (secondary N) is 1. The van der Waals surface area contributed by atoms with E-state index in [1.165, 1.54) is 0 Å². The van der Waals surface area contributed by atoms with Gasteiger partial charge in [0, 0.05) is 37.4 Å². The largest absolute Gasteiger partial charge is 0.444 e. The summed E-state index contributed by atoms with van der Waals surface area (Å²) in [7, 11) is 0. The second kappa shape index (κ2) is 10.9. The second-order valence-corrected chi connectivity index (χ2v) is 9.67. The van der Waals surface area contributed by atoms with Crippen molar-refractivity contribution in [2.45, 2.75) is 52.7 Å². The summed E-state index contributed by atoms with van der Waals surface area (Å²) in [5.41, 5.74) is 1.04. The molecule has 1 saturated heterocycles. The van der Waals surface area contributed by atoms with E-state index in [0.717, 1.165) is 43.0 Å². The molecular formula is C25H33ClN4O3. The minimum atomic E-state index is -0.561. The fraction of sp³-hybridized carbons (Fsp3) is 0.480. The first-order chi connectivity index (χ1) is 15.7. The van der Waals surface area contributed by atoms with Crippen LogP contribution in [0, 0.1) is 5.92 Å². The normalized spacial score (nSPS) is 14.6. The Balaban J connectivity index is 1.60. The Morgan fingerprint density at radius 2 is 1.88 bits per heavy atom. The lowest BCUT2D eigenvalue weighted by atomic mass is 9.95. The molecule has 0 spiro atoms. The molecule has 2 aromatic rings. The quantitative estimate of drug-likeness (QED) is 0.613. The standard InChI is InChI=1S/C25H33ClN4O3/c1-5-29(24(32)33-25(2,3)4)17-19-8-6-7-9-21(19)28-23(31)18-12-14-30(15-13-18)22-11-10-20(26)16-27-22/h6-11,16,18H,5,12-15,17H2,1-4H3,(H,28,31). The summed E-state index contributed by atoms with van der Waals surface area (Å²) in [5, 5.41) is 3.70. The molecule has 1 aliphatic rings. The van der Waals surface area contributed by atoms with Crippen molar-refractivity contribution < 1.29 is 14.3 Å². The smallest absolute Gasteiger partial charge is 0.410 e. The SMILES string of the molecule is CCN(Cc1ccccc1NC(=O)C1CCN(c2ccc(Cl)cn2)CC1)C(=O)OC(C)(C)C. The van der Waals surface area contributed by atoms with Crippen molar-refractivity contribution in [1.82, 2.24) is 9.88 Å². The summed E-state index contributed by atoms with van der Waals surface area (Å²) >= 11 is 5.93. The number of ether oxygens (including phenoxy) is 1. The molecule has 2 heterocycles. The van der Waals surface area contributed by atoms with E-state index in [4.69, 9.17) is 16.3 Å². The number of benzene rings is 1. The van der Waals surface area contributed by atoms with Gasteiger partial charge in [-0.2, -0.15) is 0 Å². The van der Waals surface area contributed by atoms with Gasteiger partial charge in [-0.25, -0.2) is 9.78 Å². The van der Waals surface area contributed by atoms with E-state index in [1.54, 1.807) is 11.1 Å². The molecule has 1 aromatic carbocycles. The highest BCUT2D eigenvalue weighted by Gasteiger charge is 2.27. The number of halogens is 1. The molecule has 33 heavy (non-hydrogen) atoms. The van der Waals surface area contributed by atoms with Gasteiger partial charge in [-0.3, -0.25) is 4.79 Å². The van der Waals surface area contributed by atoms with Gasteiger partial charge in [0.15, 0.2) is 0 Å². The van der Waals surface area contributed by atoms with Crippen LogP contribution in [-0.2, 0) is 16.1 Å². The first kappa shape index (κ1) is 24.8. The molecule has 8 heteroatoms. The first-order valence-electron chi connectivity index (χ1n) is 11.4. The van der Waals surface area contributed by atoms with E-state index in [0.29, 0.717) is 18.1 Å². The number of carbonyl (C=O) groups excluding carboxylic acids is 2. The maximum absolute atomic E-state index is 13.0. The number of para-hydroxylation sites is 1.